The predicted octanol–water partition coefficient (Wildman–Crippen LogP) is -0.381. The smallest absolute Gasteiger partial charge is 0.237 e. The average Bonchev–Trinajstić information content (AvgIpc) is 2.65. The minimum atomic E-state index is -3.30. The summed E-state index contributed by atoms with van der Waals surface area (Å²) in [6.45, 7) is -0.0748. The molecular formula is C12H23N3O3S. The highest BCUT2D eigenvalue weighted by molar-refractivity contribution is 7.88. The lowest BCUT2D eigenvalue weighted by atomic mass is 9.98. The third-order valence-electron chi connectivity index (χ3n) is 4.31. The molecule has 2 rings (SSSR count). The minimum absolute atomic E-state index is 0.0748. The van der Waals surface area contributed by atoms with Crippen molar-refractivity contribution < 1.29 is 13.2 Å². The number of carbonyl (C=O) groups excluding carboxylic acids is 1. The second-order valence-electron chi connectivity index (χ2n) is 5.79. The first-order valence-electron chi connectivity index (χ1n) is 6.70. The van der Waals surface area contributed by atoms with E-state index in [4.69, 9.17) is 0 Å². The van der Waals surface area contributed by atoms with E-state index in [-0.39, 0.29) is 18.5 Å². The summed E-state index contributed by atoms with van der Waals surface area (Å²) in [5.41, 5.74) is 0. The van der Waals surface area contributed by atoms with Crippen LogP contribution < -0.4 is 5.32 Å². The van der Waals surface area contributed by atoms with Gasteiger partial charge in [-0.05, 0) is 25.7 Å². The molecule has 2 aliphatic rings. The van der Waals surface area contributed by atoms with E-state index in [1.165, 1.54) is 19.9 Å². The molecule has 2 bridgehead atoms. The summed E-state index contributed by atoms with van der Waals surface area (Å²) < 4.78 is 23.7. The van der Waals surface area contributed by atoms with E-state index < -0.39 is 10.0 Å². The lowest BCUT2D eigenvalue weighted by Gasteiger charge is -2.36. The van der Waals surface area contributed by atoms with Crippen LogP contribution in [0.5, 0.6) is 0 Å². The van der Waals surface area contributed by atoms with E-state index in [1.807, 2.05) is 0 Å². The van der Waals surface area contributed by atoms with Crippen molar-refractivity contribution in [3.05, 3.63) is 0 Å². The van der Waals surface area contributed by atoms with Gasteiger partial charge in [-0.1, -0.05) is 0 Å². The van der Waals surface area contributed by atoms with Gasteiger partial charge in [0.15, 0.2) is 0 Å². The van der Waals surface area contributed by atoms with Gasteiger partial charge in [0, 0.05) is 32.2 Å². The number of carbonyl (C=O) groups is 1. The maximum absolute atomic E-state index is 12.1. The van der Waals surface area contributed by atoms with E-state index >= 15 is 0 Å². The van der Waals surface area contributed by atoms with Crippen LogP contribution in [0.15, 0.2) is 0 Å². The molecule has 1 N–H and O–H groups in total. The number of hydrogen-bond donors (Lipinski definition) is 1. The molecule has 2 atom stereocenters. The fourth-order valence-corrected chi connectivity index (χ4v) is 3.31. The van der Waals surface area contributed by atoms with Crippen LogP contribution in [0, 0.1) is 0 Å². The van der Waals surface area contributed by atoms with Crippen LogP contribution in [0.2, 0.25) is 0 Å². The lowest BCUT2D eigenvalue weighted by molar-refractivity contribution is -0.132. The number of sulfonamides is 1. The van der Waals surface area contributed by atoms with Crippen LogP contribution in [0.4, 0.5) is 0 Å². The third kappa shape index (κ3) is 3.46. The molecule has 0 spiro atoms. The number of nitrogens with one attached hydrogen (secondary N) is 1. The van der Waals surface area contributed by atoms with Crippen LogP contribution in [-0.2, 0) is 14.8 Å². The number of amides is 1. The van der Waals surface area contributed by atoms with E-state index in [0.717, 1.165) is 23.4 Å². The summed E-state index contributed by atoms with van der Waals surface area (Å²) in [5.74, 6) is -0.126. The average molecular weight is 289 g/mol. The van der Waals surface area contributed by atoms with E-state index in [2.05, 4.69) is 5.32 Å². The van der Waals surface area contributed by atoms with Gasteiger partial charge in [0.1, 0.15) is 0 Å². The Bertz CT molecular complexity index is 439. The molecule has 2 heterocycles. The SMILES string of the molecule is CN(C(=O)CN(C)S(C)(=O)=O)C1CC2CCC(C1)N2. The molecule has 7 heteroatoms. The Hall–Kier alpha value is -0.660. The number of fused-ring (bicyclic) bond motifs is 2. The Morgan fingerprint density at radius 1 is 1.21 bits per heavy atom. The minimum Gasteiger partial charge on any atom is -0.342 e. The summed E-state index contributed by atoms with van der Waals surface area (Å²) in [4.78, 5) is 13.9. The molecule has 0 aromatic carbocycles. The van der Waals surface area contributed by atoms with Crippen molar-refractivity contribution in [1.82, 2.24) is 14.5 Å². The molecule has 2 fully saturated rings. The van der Waals surface area contributed by atoms with Crippen LogP contribution in [-0.4, -0.2) is 68.6 Å². The molecule has 2 saturated heterocycles. The maximum Gasteiger partial charge on any atom is 0.237 e. The van der Waals surface area contributed by atoms with Crippen molar-refractivity contribution in [3.8, 4) is 0 Å². The molecule has 6 nitrogen and oxygen atoms in total. The van der Waals surface area contributed by atoms with Gasteiger partial charge in [0.25, 0.3) is 0 Å². The molecule has 110 valence electrons. The molecule has 0 saturated carbocycles. The fraction of sp³-hybridized carbons (Fsp3) is 0.917. The van der Waals surface area contributed by atoms with Gasteiger partial charge in [-0.15, -0.1) is 0 Å². The van der Waals surface area contributed by atoms with Crippen molar-refractivity contribution in [2.75, 3.05) is 26.9 Å². The fourth-order valence-electron chi connectivity index (χ4n) is 2.97. The van der Waals surface area contributed by atoms with E-state index in [0.29, 0.717) is 12.1 Å². The zero-order valence-corrected chi connectivity index (χ0v) is 12.6. The molecular weight excluding hydrogens is 266 g/mol. The predicted molar refractivity (Wildman–Crippen MR) is 73.2 cm³/mol. The Balaban J connectivity index is 1.92. The summed E-state index contributed by atoms with van der Waals surface area (Å²) in [6.07, 6.45) is 5.44. The quantitative estimate of drug-likeness (QED) is 0.766. The first kappa shape index (κ1) is 14.7. The first-order chi connectivity index (χ1) is 8.77. The van der Waals surface area contributed by atoms with Crippen molar-refractivity contribution in [2.45, 2.75) is 43.8 Å². The zero-order chi connectivity index (χ0) is 14.2. The molecule has 1 amide bonds. The number of rotatable bonds is 4. The van der Waals surface area contributed by atoms with Crippen molar-refractivity contribution in [3.63, 3.8) is 0 Å². The lowest BCUT2D eigenvalue weighted by Crippen LogP contribution is -2.50. The van der Waals surface area contributed by atoms with Crippen molar-refractivity contribution in [1.29, 1.82) is 0 Å². The second-order valence-corrected chi connectivity index (χ2v) is 7.88. The van der Waals surface area contributed by atoms with Gasteiger partial charge in [0.2, 0.25) is 15.9 Å². The van der Waals surface area contributed by atoms with Gasteiger partial charge in [0.05, 0.1) is 12.8 Å². The van der Waals surface area contributed by atoms with Gasteiger partial charge in [-0.3, -0.25) is 4.79 Å². The highest BCUT2D eigenvalue weighted by atomic mass is 32.2. The normalized spacial score (nSPS) is 30.6. The Kier molecular flexibility index (Phi) is 4.17. The van der Waals surface area contributed by atoms with E-state index in [9.17, 15) is 13.2 Å². The van der Waals surface area contributed by atoms with Gasteiger partial charge in [-0.25, -0.2) is 8.42 Å². The molecule has 0 aromatic heterocycles. The molecule has 2 aliphatic heterocycles. The number of likely N-dealkylation sites (N-methyl/N-ethyl adjacent to an activating group) is 2. The third-order valence-corrected chi connectivity index (χ3v) is 5.57. The molecule has 2 unspecified atom stereocenters. The number of piperidine rings is 1. The summed E-state index contributed by atoms with van der Waals surface area (Å²) >= 11 is 0. The standard InChI is InChI=1S/C12H23N3O3S/c1-14(19(3,17)18)8-12(16)15(2)11-6-9-4-5-10(7-11)13-9/h9-11,13H,4-8H2,1-3H3. The van der Waals surface area contributed by atoms with Crippen molar-refractivity contribution >= 4 is 15.9 Å². The molecule has 19 heavy (non-hydrogen) atoms. The summed E-state index contributed by atoms with van der Waals surface area (Å²) in [6, 6.07) is 1.28. The second kappa shape index (κ2) is 5.38. The topological polar surface area (TPSA) is 69.7 Å². The zero-order valence-electron chi connectivity index (χ0n) is 11.8. The molecule has 0 aromatic rings. The monoisotopic (exact) mass is 289 g/mol. The van der Waals surface area contributed by atoms with Crippen LogP contribution in [0.3, 0.4) is 0 Å². The van der Waals surface area contributed by atoms with E-state index in [1.54, 1.807) is 11.9 Å². The van der Waals surface area contributed by atoms with Gasteiger partial charge >= 0.3 is 0 Å². The van der Waals surface area contributed by atoms with Crippen molar-refractivity contribution in [2.24, 2.45) is 0 Å². The summed E-state index contributed by atoms with van der Waals surface area (Å²) in [5, 5.41) is 3.53. The van der Waals surface area contributed by atoms with Crippen LogP contribution in [0.25, 0.3) is 0 Å². The molecule has 0 aliphatic carbocycles. The van der Waals surface area contributed by atoms with Gasteiger partial charge in [-0.2, -0.15) is 4.31 Å². The Labute approximate surface area is 115 Å². The molecule has 0 radical (unpaired) electrons. The number of nitrogens with zero attached hydrogens (tertiary/aromatic N) is 2. The van der Waals surface area contributed by atoms with Gasteiger partial charge < -0.3 is 10.2 Å². The Morgan fingerprint density at radius 2 is 1.74 bits per heavy atom. The number of hydrogen-bond acceptors (Lipinski definition) is 4. The summed E-state index contributed by atoms with van der Waals surface area (Å²) in [7, 11) is -0.0746. The van der Waals surface area contributed by atoms with Crippen LogP contribution in [0.1, 0.15) is 25.7 Å². The maximum atomic E-state index is 12.1. The largest absolute Gasteiger partial charge is 0.342 e. The van der Waals surface area contributed by atoms with Crippen LogP contribution >= 0.6 is 0 Å². The Morgan fingerprint density at radius 3 is 2.21 bits per heavy atom. The highest BCUT2D eigenvalue weighted by Gasteiger charge is 2.36. The highest BCUT2D eigenvalue weighted by Crippen LogP contribution is 2.29. The first-order valence-corrected chi connectivity index (χ1v) is 8.55.